The van der Waals surface area contributed by atoms with Gasteiger partial charge in [-0.05, 0) is 0 Å². The molecule has 0 saturated heterocycles. The molecule has 1 atom stereocenters. The van der Waals surface area contributed by atoms with Crippen LogP contribution in [0.4, 0.5) is 0 Å². The van der Waals surface area contributed by atoms with E-state index in [0.717, 1.165) is 5.56 Å². The van der Waals surface area contributed by atoms with E-state index in [9.17, 15) is 0 Å². The second-order valence-corrected chi connectivity index (χ2v) is 3.74. The van der Waals surface area contributed by atoms with Crippen LogP contribution in [0.5, 0.6) is 0 Å². The van der Waals surface area contributed by atoms with Crippen molar-refractivity contribution in [1.29, 1.82) is 0 Å². The molecule has 0 fully saturated rings. The third-order valence-electron chi connectivity index (χ3n) is 2.72. The summed E-state index contributed by atoms with van der Waals surface area (Å²) in [7, 11) is 0. The molecule has 78 valence electrons. The van der Waals surface area contributed by atoms with Crippen LogP contribution in [-0.4, -0.2) is 0 Å². The number of benzene rings is 2. The molecule has 0 aliphatic rings. The second kappa shape index (κ2) is 6.18. The van der Waals surface area contributed by atoms with E-state index in [2.05, 4.69) is 44.2 Å². The summed E-state index contributed by atoms with van der Waals surface area (Å²) in [6.45, 7) is 6.24. The standard InChI is InChI=1S/C15H14.U/c1-12-8-6-7-11-15(12)13(2)14-9-4-3-5-10-14;/h3-9,11,13H,1H2,2H3;/q-2;+2. The van der Waals surface area contributed by atoms with E-state index in [1.54, 1.807) is 0 Å². The van der Waals surface area contributed by atoms with E-state index in [-0.39, 0.29) is 31.1 Å². The van der Waals surface area contributed by atoms with Gasteiger partial charge in [-0.15, -0.1) is 17.7 Å². The molecule has 0 nitrogen and oxygen atoms in total. The summed E-state index contributed by atoms with van der Waals surface area (Å²) in [5.74, 6) is 0.361. The maximum Gasteiger partial charge on any atom is 2.00 e. The summed E-state index contributed by atoms with van der Waals surface area (Å²) in [5.41, 5.74) is 3.59. The number of hydrogen-bond acceptors (Lipinski definition) is 0. The van der Waals surface area contributed by atoms with E-state index >= 15 is 0 Å². The van der Waals surface area contributed by atoms with E-state index in [1.165, 1.54) is 11.1 Å². The summed E-state index contributed by atoms with van der Waals surface area (Å²) >= 11 is 0. The summed E-state index contributed by atoms with van der Waals surface area (Å²) < 4.78 is 0. The maximum atomic E-state index is 4.05. The van der Waals surface area contributed by atoms with Crippen molar-refractivity contribution in [3.63, 3.8) is 0 Å². The molecule has 0 heterocycles. The van der Waals surface area contributed by atoms with Crippen molar-refractivity contribution in [2.45, 2.75) is 12.8 Å². The molecular formula is C15H14U. The zero-order valence-corrected chi connectivity index (χ0v) is 13.6. The molecule has 0 bridgehead atoms. The quantitative estimate of drug-likeness (QED) is 0.634. The van der Waals surface area contributed by atoms with Crippen molar-refractivity contribution < 1.29 is 31.1 Å². The van der Waals surface area contributed by atoms with Gasteiger partial charge in [-0.2, -0.15) is 54.4 Å². The molecule has 0 aliphatic carbocycles. The van der Waals surface area contributed by atoms with E-state index in [4.69, 9.17) is 0 Å². The Balaban J connectivity index is 0.00000128. The zero-order chi connectivity index (χ0) is 10.7. The fraction of sp³-hybridized carbons (Fsp3) is 0.133. The van der Waals surface area contributed by atoms with Gasteiger partial charge < -0.3 is 0 Å². The molecule has 0 amide bonds. The third kappa shape index (κ3) is 2.94. The molecule has 2 aromatic rings. The van der Waals surface area contributed by atoms with Crippen LogP contribution in [0.15, 0.2) is 48.5 Å². The van der Waals surface area contributed by atoms with Crippen molar-refractivity contribution in [2.75, 3.05) is 0 Å². The Kier molecular flexibility index (Phi) is 5.19. The van der Waals surface area contributed by atoms with Gasteiger partial charge in [-0.25, -0.2) is 0 Å². The smallest absolute Gasteiger partial charge is 0.198 e. The van der Waals surface area contributed by atoms with Crippen LogP contribution < -0.4 is 0 Å². The minimum Gasteiger partial charge on any atom is -0.198 e. The van der Waals surface area contributed by atoms with Crippen molar-refractivity contribution in [3.05, 3.63) is 78.2 Å². The van der Waals surface area contributed by atoms with E-state index in [1.807, 2.05) is 24.3 Å². The van der Waals surface area contributed by atoms with Gasteiger partial charge in [0.1, 0.15) is 0 Å². The molecule has 2 aromatic carbocycles. The predicted octanol–water partition coefficient (Wildman–Crippen LogP) is 3.82. The van der Waals surface area contributed by atoms with Gasteiger partial charge in [0.25, 0.3) is 0 Å². The van der Waals surface area contributed by atoms with Crippen molar-refractivity contribution >= 4 is 0 Å². The molecule has 16 heavy (non-hydrogen) atoms. The van der Waals surface area contributed by atoms with Gasteiger partial charge in [0.15, 0.2) is 0 Å². The molecule has 2 rings (SSSR count). The topological polar surface area (TPSA) is 0 Å². The SMILES string of the molecule is [CH2-]c1ccccc1C(C)c1[c-]cccc1.[U+2]. The number of hydrogen-bond donors (Lipinski definition) is 0. The largest absolute Gasteiger partial charge is 2.00 e. The Hall–Kier alpha value is -0.638. The van der Waals surface area contributed by atoms with Crippen LogP contribution in [0.2, 0.25) is 0 Å². The molecule has 0 saturated carbocycles. The fourth-order valence-corrected chi connectivity index (χ4v) is 1.80. The van der Waals surface area contributed by atoms with Crippen LogP contribution >= 0.6 is 0 Å². The van der Waals surface area contributed by atoms with Crippen LogP contribution in [0.1, 0.15) is 29.5 Å². The Labute approximate surface area is 121 Å². The molecule has 0 aromatic heterocycles. The molecule has 1 unspecified atom stereocenters. The van der Waals surface area contributed by atoms with Crippen LogP contribution in [-0.2, 0) is 0 Å². The first-order valence-corrected chi connectivity index (χ1v) is 5.16. The normalized spacial score (nSPS) is 11.6. The molecular weight excluding hydrogens is 418 g/mol. The van der Waals surface area contributed by atoms with Crippen LogP contribution in [0, 0.1) is 44.1 Å². The summed E-state index contributed by atoms with van der Waals surface area (Å²) in [6, 6.07) is 19.6. The van der Waals surface area contributed by atoms with Crippen LogP contribution in [0.3, 0.4) is 0 Å². The minimum atomic E-state index is 0. The van der Waals surface area contributed by atoms with Gasteiger partial charge in [0.05, 0.1) is 0 Å². The van der Waals surface area contributed by atoms with E-state index in [0.29, 0.717) is 5.92 Å². The van der Waals surface area contributed by atoms with Crippen molar-refractivity contribution in [2.24, 2.45) is 0 Å². The second-order valence-electron chi connectivity index (χ2n) is 3.74. The molecule has 0 N–H and O–H groups in total. The van der Waals surface area contributed by atoms with Gasteiger partial charge >= 0.3 is 31.1 Å². The average Bonchev–Trinajstić information content (AvgIpc) is 2.30. The summed E-state index contributed by atoms with van der Waals surface area (Å²) in [6.07, 6.45) is 0. The molecule has 0 spiro atoms. The monoisotopic (exact) mass is 432 g/mol. The Morgan fingerprint density at radius 2 is 1.75 bits per heavy atom. The van der Waals surface area contributed by atoms with Crippen molar-refractivity contribution in [1.82, 2.24) is 0 Å². The first-order chi connectivity index (χ1) is 7.29. The molecule has 0 aliphatic heterocycles. The van der Waals surface area contributed by atoms with Gasteiger partial charge in [0.2, 0.25) is 0 Å². The Bertz CT molecular complexity index is 434. The summed E-state index contributed by atoms with van der Waals surface area (Å²) in [4.78, 5) is 0. The first-order valence-electron chi connectivity index (χ1n) is 5.16. The van der Waals surface area contributed by atoms with Gasteiger partial charge in [-0.1, -0.05) is 18.9 Å². The van der Waals surface area contributed by atoms with Crippen molar-refractivity contribution in [3.8, 4) is 0 Å². The Morgan fingerprint density at radius 3 is 2.38 bits per heavy atom. The first kappa shape index (κ1) is 13.4. The fourth-order valence-electron chi connectivity index (χ4n) is 1.80. The maximum absolute atomic E-state index is 4.05. The minimum absolute atomic E-state index is 0. The predicted molar refractivity (Wildman–Crippen MR) is 63.7 cm³/mol. The number of rotatable bonds is 2. The third-order valence-corrected chi connectivity index (χ3v) is 2.72. The van der Waals surface area contributed by atoms with E-state index < -0.39 is 0 Å². The summed E-state index contributed by atoms with van der Waals surface area (Å²) in [5, 5.41) is 0. The van der Waals surface area contributed by atoms with Gasteiger partial charge in [-0.3, -0.25) is 0 Å². The van der Waals surface area contributed by atoms with Crippen LogP contribution in [0.25, 0.3) is 0 Å². The molecule has 1 heteroatoms. The zero-order valence-electron chi connectivity index (χ0n) is 9.40. The Morgan fingerprint density at radius 1 is 1.06 bits per heavy atom. The van der Waals surface area contributed by atoms with Gasteiger partial charge in [0, 0.05) is 0 Å². The average molecular weight is 432 g/mol. The molecule has 0 radical (unpaired) electrons.